The molecule has 2 fully saturated rings. The second kappa shape index (κ2) is 7.53. The maximum absolute atomic E-state index is 12.4. The Morgan fingerprint density at radius 2 is 2.36 bits per heavy atom. The first-order valence-electron chi connectivity index (χ1n) is 8.17. The number of likely N-dealkylation sites (tertiary alicyclic amines) is 2. The molecule has 2 atom stereocenters. The number of carbonyl (C=O) groups is 1. The van der Waals surface area contributed by atoms with Crippen molar-refractivity contribution in [3.8, 4) is 0 Å². The van der Waals surface area contributed by atoms with E-state index in [2.05, 4.69) is 14.8 Å². The van der Waals surface area contributed by atoms with Gasteiger partial charge in [0.1, 0.15) is 5.01 Å². The molecule has 1 aromatic heterocycles. The molecule has 3 rings (SSSR count). The highest BCUT2D eigenvalue weighted by Crippen LogP contribution is 2.31. The summed E-state index contributed by atoms with van der Waals surface area (Å²) in [6.07, 6.45) is 5.83. The summed E-state index contributed by atoms with van der Waals surface area (Å²) in [5.41, 5.74) is 0. The third kappa shape index (κ3) is 3.67. The van der Waals surface area contributed by atoms with Crippen molar-refractivity contribution in [1.82, 2.24) is 14.8 Å². The summed E-state index contributed by atoms with van der Waals surface area (Å²) in [7, 11) is 1.70. The fourth-order valence-electron chi connectivity index (χ4n) is 3.78. The van der Waals surface area contributed by atoms with Gasteiger partial charge in [-0.15, -0.1) is 11.3 Å². The van der Waals surface area contributed by atoms with Crippen molar-refractivity contribution in [2.24, 2.45) is 5.92 Å². The quantitative estimate of drug-likeness (QED) is 0.831. The van der Waals surface area contributed by atoms with Crippen LogP contribution >= 0.6 is 11.3 Å². The van der Waals surface area contributed by atoms with Crippen molar-refractivity contribution < 1.29 is 9.53 Å². The Morgan fingerprint density at radius 3 is 3.14 bits per heavy atom. The minimum absolute atomic E-state index is 0.318. The van der Waals surface area contributed by atoms with Crippen LogP contribution < -0.4 is 0 Å². The topological polar surface area (TPSA) is 45.7 Å². The molecule has 0 aromatic carbocycles. The van der Waals surface area contributed by atoms with Gasteiger partial charge < -0.3 is 9.64 Å². The zero-order valence-corrected chi connectivity index (χ0v) is 14.1. The third-order valence-corrected chi connectivity index (χ3v) is 5.61. The maximum Gasteiger partial charge on any atom is 0.222 e. The minimum Gasteiger partial charge on any atom is -0.383 e. The van der Waals surface area contributed by atoms with Crippen LogP contribution in [0.3, 0.4) is 0 Å². The third-order valence-electron chi connectivity index (χ3n) is 4.84. The van der Waals surface area contributed by atoms with Gasteiger partial charge in [-0.1, -0.05) is 0 Å². The normalized spacial score (nSPS) is 26.8. The number of aromatic nitrogens is 1. The van der Waals surface area contributed by atoms with E-state index in [1.54, 1.807) is 18.4 Å². The van der Waals surface area contributed by atoms with Gasteiger partial charge in [-0.2, -0.15) is 0 Å². The average molecular weight is 323 g/mol. The fraction of sp³-hybridized carbons (Fsp3) is 0.750. The molecule has 1 amide bonds. The molecule has 122 valence electrons. The van der Waals surface area contributed by atoms with Crippen LogP contribution in [-0.2, 0) is 16.1 Å². The summed E-state index contributed by atoms with van der Waals surface area (Å²) >= 11 is 1.73. The molecule has 2 aliphatic rings. The van der Waals surface area contributed by atoms with Crippen molar-refractivity contribution in [1.29, 1.82) is 0 Å². The Kier molecular flexibility index (Phi) is 5.44. The summed E-state index contributed by atoms with van der Waals surface area (Å²) in [5, 5.41) is 3.23. The molecule has 1 aromatic rings. The van der Waals surface area contributed by atoms with Gasteiger partial charge in [0.05, 0.1) is 13.2 Å². The van der Waals surface area contributed by atoms with Gasteiger partial charge in [0, 0.05) is 50.8 Å². The molecular formula is C16H25N3O2S. The van der Waals surface area contributed by atoms with Gasteiger partial charge in [0.2, 0.25) is 5.91 Å². The zero-order valence-electron chi connectivity index (χ0n) is 13.2. The van der Waals surface area contributed by atoms with E-state index < -0.39 is 0 Å². The molecule has 0 aliphatic carbocycles. The van der Waals surface area contributed by atoms with Gasteiger partial charge in [-0.05, 0) is 25.2 Å². The SMILES string of the molecule is COCCN1C(=O)CCC[C@H]2CN(Cc3nccs3)CC[C@H]21. The monoisotopic (exact) mass is 323 g/mol. The van der Waals surface area contributed by atoms with Crippen molar-refractivity contribution in [2.45, 2.75) is 38.3 Å². The fourth-order valence-corrected chi connectivity index (χ4v) is 4.44. The summed E-state index contributed by atoms with van der Waals surface area (Å²) in [6.45, 7) is 4.46. The van der Waals surface area contributed by atoms with Crippen LogP contribution in [0.2, 0.25) is 0 Å². The Balaban J connectivity index is 1.64. The van der Waals surface area contributed by atoms with Crippen molar-refractivity contribution in [2.75, 3.05) is 33.4 Å². The van der Waals surface area contributed by atoms with E-state index in [1.807, 2.05) is 11.6 Å². The second-order valence-electron chi connectivity index (χ2n) is 6.25. The van der Waals surface area contributed by atoms with E-state index in [0.29, 0.717) is 30.9 Å². The number of fused-ring (bicyclic) bond motifs is 1. The number of hydrogen-bond acceptors (Lipinski definition) is 5. The number of carbonyl (C=O) groups excluding carboxylic acids is 1. The zero-order chi connectivity index (χ0) is 15.4. The van der Waals surface area contributed by atoms with Crippen LogP contribution in [-0.4, -0.2) is 60.1 Å². The highest BCUT2D eigenvalue weighted by atomic mass is 32.1. The van der Waals surface area contributed by atoms with E-state index in [1.165, 1.54) is 5.01 Å². The molecule has 3 heterocycles. The van der Waals surface area contributed by atoms with Crippen LogP contribution in [0.5, 0.6) is 0 Å². The number of thiazole rings is 1. The number of amides is 1. The lowest BCUT2D eigenvalue weighted by Gasteiger charge is -2.42. The second-order valence-corrected chi connectivity index (χ2v) is 7.23. The van der Waals surface area contributed by atoms with Crippen LogP contribution in [0, 0.1) is 5.92 Å². The van der Waals surface area contributed by atoms with E-state index in [9.17, 15) is 4.79 Å². The lowest BCUT2D eigenvalue weighted by Crippen LogP contribution is -2.52. The lowest BCUT2D eigenvalue weighted by molar-refractivity contribution is -0.135. The van der Waals surface area contributed by atoms with E-state index in [4.69, 9.17) is 4.74 Å². The van der Waals surface area contributed by atoms with Crippen molar-refractivity contribution in [3.63, 3.8) is 0 Å². The Labute approximate surface area is 136 Å². The van der Waals surface area contributed by atoms with Crippen LogP contribution in [0.4, 0.5) is 0 Å². The standard InChI is InChI=1S/C16H25N3O2S/c1-21-9-8-19-14-5-7-18(12-15-17-6-10-22-15)11-13(14)3-2-4-16(19)20/h6,10,13-14H,2-5,7-9,11-12H2,1H3/t13-,14+/m0/s1. The van der Waals surface area contributed by atoms with Crippen molar-refractivity contribution in [3.05, 3.63) is 16.6 Å². The highest BCUT2D eigenvalue weighted by Gasteiger charge is 2.37. The Bertz CT molecular complexity index is 480. The van der Waals surface area contributed by atoms with Crippen LogP contribution in [0.15, 0.2) is 11.6 Å². The summed E-state index contributed by atoms with van der Waals surface area (Å²) in [5.74, 6) is 0.912. The Hall–Kier alpha value is -0.980. The van der Waals surface area contributed by atoms with Gasteiger partial charge >= 0.3 is 0 Å². The molecule has 0 unspecified atom stereocenters. The van der Waals surface area contributed by atoms with E-state index in [0.717, 1.165) is 45.4 Å². The number of piperidine rings is 1. The smallest absolute Gasteiger partial charge is 0.222 e. The van der Waals surface area contributed by atoms with E-state index in [-0.39, 0.29) is 0 Å². The molecule has 0 radical (unpaired) electrons. The lowest BCUT2D eigenvalue weighted by atomic mass is 9.88. The van der Waals surface area contributed by atoms with Gasteiger partial charge in [-0.3, -0.25) is 9.69 Å². The molecule has 2 aliphatic heterocycles. The molecule has 0 saturated carbocycles. The minimum atomic E-state index is 0.318. The summed E-state index contributed by atoms with van der Waals surface area (Å²) < 4.78 is 5.19. The summed E-state index contributed by atoms with van der Waals surface area (Å²) in [4.78, 5) is 21.4. The van der Waals surface area contributed by atoms with Crippen LogP contribution in [0.1, 0.15) is 30.7 Å². The maximum atomic E-state index is 12.4. The first-order valence-corrected chi connectivity index (χ1v) is 9.05. The van der Waals surface area contributed by atoms with E-state index >= 15 is 0 Å². The average Bonchev–Trinajstić information content (AvgIpc) is 2.96. The first-order chi connectivity index (χ1) is 10.8. The van der Waals surface area contributed by atoms with Gasteiger partial charge in [-0.25, -0.2) is 4.98 Å². The highest BCUT2D eigenvalue weighted by molar-refractivity contribution is 7.09. The number of rotatable bonds is 5. The van der Waals surface area contributed by atoms with Gasteiger partial charge in [0.25, 0.3) is 0 Å². The molecular weight excluding hydrogens is 298 g/mol. The number of hydrogen-bond donors (Lipinski definition) is 0. The molecule has 0 spiro atoms. The molecule has 2 saturated heterocycles. The van der Waals surface area contributed by atoms with Gasteiger partial charge in [0.15, 0.2) is 0 Å². The Morgan fingerprint density at radius 1 is 1.45 bits per heavy atom. The largest absolute Gasteiger partial charge is 0.383 e. The molecule has 22 heavy (non-hydrogen) atoms. The molecule has 6 heteroatoms. The predicted molar refractivity (Wildman–Crippen MR) is 86.7 cm³/mol. The number of ether oxygens (including phenoxy) is 1. The molecule has 0 N–H and O–H groups in total. The summed E-state index contributed by atoms with van der Waals surface area (Å²) in [6, 6.07) is 0.401. The number of methoxy groups -OCH3 is 1. The molecule has 5 nitrogen and oxygen atoms in total. The van der Waals surface area contributed by atoms with Crippen molar-refractivity contribution >= 4 is 17.2 Å². The predicted octanol–water partition coefficient (Wildman–Crippen LogP) is 1.99. The molecule has 0 bridgehead atoms. The number of nitrogens with zero attached hydrogens (tertiary/aromatic N) is 3. The van der Waals surface area contributed by atoms with Crippen LogP contribution in [0.25, 0.3) is 0 Å². The first kappa shape index (κ1) is 15.9.